The Kier molecular flexibility index (Phi) is 4.59. The Morgan fingerprint density at radius 2 is 1.58 bits per heavy atom. The SMILES string of the molecule is Cc1cc(C(=O)Nc2ccccc2)c(C)n1-c1ccccc1C(F)(F)F. The lowest BCUT2D eigenvalue weighted by atomic mass is 10.1. The van der Waals surface area contributed by atoms with Gasteiger partial charge in [-0.2, -0.15) is 13.2 Å². The minimum atomic E-state index is -4.48. The molecular weight excluding hydrogens is 341 g/mol. The smallest absolute Gasteiger partial charge is 0.322 e. The number of carbonyl (C=O) groups excluding carboxylic acids is 1. The number of amides is 1. The van der Waals surface area contributed by atoms with Crippen molar-refractivity contribution in [3.63, 3.8) is 0 Å². The molecule has 0 radical (unpaired) electrons. The second-order valence-corrected chi connectivity index (χ2v) is 5.96. The number of aryl methyl sites for hydroxylation is 1. The van der Waals surface area contributed by atoms with Gasteiger partial charge in [0.25, 0.3) is 5.91 Å². The first-order chi connectivity index (χ1) is 12.3. The van der Waals surface area contributed by atoms with Gasteiger partial charge in [-0.05, 0) is 44.2 Å². The fourth-order valence-corrected chi connectivity index (χ4v) is 2.99. The first kappa shape index (κ1) is 17.8. The second-order valence-electron chi connectivity index (χ2n) is 5.96. The fraction of sp³-hybridized carbons (Fsp3) is 0.150. The maximum atomic E-state index is 13.4. The number of carbonyl (C=O) groups is 1. The molecule has 134 valence electrons. The van der Waals surface area contributed by atoms with E-state index in [9.17, 15) is 18.0 Å². The summed E-state index contributed by atoms with van der Waals surface area (Å²) in [6.45, 7) is 3.32. The van der Waals surface area contributed by atoms with Gasteiger partial charge in [-0.3, -0.25) is 4.79 Å². The van der Waals surface area contributed by atoms with E-state index in [2.05, 4.69) is 5.32 Å². The third kappa shape index (κ3) is 3.35. The van der Waals surface area contributed by atoms with Crippen LogP contribution < -0.4 is 5.32 Å². The zero-order valence-electron chi connectivity index (χ0n) is 14.3. The van der Waals surface area contributed by atoms with E-state index in [0.29, 0.717) is 22.6 Å². The third-order valence-electron chi connectivity index (χ3n) is 4.16. The number of hydrogen-bond acceptors (Lipinski definition) is 1. The Hall–Kier alpha value is -3.02. The molecule has 1 heterocycles. The van der Waals surface area contributed by atoms with Gasteiger partial charge in [0.05, 0.1) is 16.8 Å². The molecule has 1 N–H and O–H groups in total. The van der Waals surface area contributed by atoms with Gasteiger partial charge in [0.1, 0.15) is 0 Å². The molecule has 2 aromatic carbocycles. The molecule has 1 aromatic heterocycles. The van der Waals surface area contributed by atoms with Crippen LogP contribution in [0.25, 0.3) is 5.69 Å². The largest absolute Gasteiger partial charge is 0.418 e. The van der Waals surface area contributed by atoms with Gasteiger partial charge in [0, 0.05) is 17.1 Å². The van der Waals surface area contributed by atoms with Crippen molar-refractivity contribution >= 4 is 11.6 Å². The van der Waals surface area contributed by atoms with Crippen LogP contribution in [-0.2, 0) is 6.18 Å². The summed E-state index contributed by atoms with van der Waals surface area (Å²) in [5.41, 5.74) is 1.23. The van der Waals surface area contributed by atoms with Crippen LogP contribution in [0, 0.1) is 13.8 Å². The van der Waals surface area contributed by atoms with Gasteiger partial charge in [-0.25, -0.2) is 0 Å². The molecule has 0 bridgehead atoms. The predicted octanol–water partition coefficient (Wildman–Crippen LogP) is 5.37. The number of aromatic nitrogens is 1. The van der Waals surface area contributed by atoms with Crippen LogP contribution in [0.2, 0.25) is 0 Å². The molecule has 0 saturated heterocycles. The predicted molar refractivity (Wildman–Crippen MR) is 94.6 cm³/mol. The summed E-state index contributed by atoms with van der Waals surface area (Å²) in [6, 6.07) is 15.8. The first-order valence-electron chi connectivity index (χ1n) is 8.01. The molecule has 0 unspecified atom stereocenters. The minimum absolute atomic E-state index is 0.00811. The molecule has 0 aliphatic heterocycles. The summed E-state index contributed by atoms with van der Waals surface area (Å²) in [5.74, 6) is -0.361. The molecule has 26 heavy (non-hydrogen) atoms. The summed E-state index contributed by atoms with van der Waals surface area (Å²) in [4.78, 5) is 12.6. The van der Waals surface area contributed by atoms with Gasteiger partial charge in [0.15, 0.2) is 0 Å². The average molecular weight is 358 g/mol. The first-order valence-corrected chi connectivity index (χ1v) is 8.01. The van der Waals surface area contributed by atoms with Gasteiger partial charge >= 0.3 is 6.18 Å². The van der Waals surface area contributed by atoms with E-state index in [-0.39, 0.29) is 11.6 Å². The number of nitrogens with zero attached hydrogens (tertiary/aromatic N) is 1. The molecular formula is C20H17F3N2O. The van der Waals surface area contributed by atoms with E-state index in [1.807, 2.05) is 6.07 Å². The Balaban J connectivity index is 2.04. The molecule has 0 saturated carbocycles. The summed E-state index contributed by atoms with van der Waals surface area (Å²) < 4.78 is 41.5. The normalized spacial score (nSPS) is 11.4. The molecule has 3 aromatic rings. The van der Waals surface area contributed by atoms with Crippen LogP contribution in [0.5, 0.6) is 0 Å². The fourth-order valence-electron chi connectivity index (χ4n) is 2.99. The highest BCUT2D eigenvalue weighted by atomic mass is 19.4. The standard InChI is InChI=1S/C20H17F3N2O/c1-13-12-16(19(26)24-15-8-4-3-5-9-15)14(2)25(13)18-11-7-6-10-17(18)20(21,22)23/h3-12H,1-2H3,(H,24,26). The molecule has 0 fully saturated rings. The number of hydrogen-bond donors (Lipinski definition) is 1. The van der Waals surface area contributed by atoms with Crippen molar-refractivity contribution in [3.8, 4) is 5.69 Å². The molecule has 0 aliphatic carbocycles. The number of rotatable bonds is 3. The Morgan fingerprint density at radius 3 is 2.23 bits per heavy atom. The number of alkyl halides is 3. The maximum absolute atomic E-state index is 13.4. The van der Waals surface area contributed by atoms with Gasteiger partial charge < -0.3 is 9.88 Å². The quantitative estimate of drug-likeness (QED) is 0.671. The lowest BCUT2D eigenvalue weighted by molar-refractivity contribution is -0.137. The molecule has 0 aliphatic rings. The summed E-state index contributed by atoms with van der Waals surface area (Å²) in [7, 11) is 0. The van der Waals surface area contributed by atoms with Crippen molar-refractivity contribution in [2.24, 2.45) is 0 Å². The lowest BCUT2D eigenvalue weighted by Crippen LogP contribution is -2.14. The molecule has 0 spiro atoms. The number of para-hydroxylation sites is 2. The lowest BCUT2D eigenvalue weighted by Gasteiger charge is -2.16. The highest BCUT2D eigenvalue weighted by molar-refractivity contribution is 6.05. The summed E-state index contributed by atoms with van der Waals surface area (Å²) >= 11 is 0. The number of nitrogens with one attached hydrogen (secondary N) is 1. The van der Waals surface area contributed by atoms with E-state index in [4.69, 9.17) is 0 Å². The molecule has 1 amide bonds. The summed E-state index contributed by atoms with van der Waals surface area (Å²) in [6.07, 6.45) is -4.48. The van der Waals surface area contributed by atoms with Crippen LogP contribution in [0.1, 0.15) is 27.3 Å². The Bertz CT molecular complexity index is 943. The third-order valence-corrected chi connectivity index (χ3v) is 4.16. The molecule has 3 rings (SSSR count). The van der Waals surface area contributed by atoms with Gasteiger partial charge in [0.2, 0.25) is 0 Å². The van der Waals surface area contributed by atoms with Gasteiger partial charge in [-0.15, -0.1) is 0 Å². The van der Waals surface area contributed by atoms with Crippen molar-refractivity contribution in [2.75, 3.05) is 5.32 Å². The minimum Gasteiger partial charge on any atom is -0.322 e. The topological polar surface area (TPSA) is 34.0 Å². The van der Waals surface area contributed by atoms with Gasteiger partial charge in [-0.1, -0.05) is 30.3 Å². The average Bonchev–Trinajstić information content (AvgIpc) is 2.89. The van der Waals surface area contributed by atoms with Crippen molar-refractivity contribution in [1.82, 2.24) is 4.57 Å². The van der Waals surface area contributed by atoms with Crippen molar-refractivity contribution in [3.05, 3.63) is 83.2 Å². The molecule has 0 atom stereocenters. The highest BCUT2D eigenvalue weighted by Gasteiger charge is 2.34. The summed E-state index contributed by atoms with van der Waals surface area (Å²) in [5, 5.41) is 2.76. The van der Waals surface area contributed by atoms with Crippen LogP contribution in [0.15, 0.2) is 60.7 Å². The zero-order valence-corrected chi connectivity index (χ0v) is 14.3. The highest BCUT2D eigenvalue weighted by Crippen LogP contribution is 2.35. The molecule has 3 nitrogen and oxygen atoms in total. The second kappa shape index (κ2) is 6.71. The molecule has 6 heteroatoms. The van der Waals surface area contributed by atoms with Crippen LogP contribution in [0.4, 0.5) is 18.9 Å². The van der Waals surface area contributed by atoms with Crippen LogP contribution in [-0.4, -0.2) is 10.5 Å². The van der Waals surface area contributed by atoms with Crippen LogP contribution in [0.3, 0.4) is 0 Å². The van der Waals surface area contributed by atoms with Crippen molar-refractivity contribution in [1.29, 1.82) is 0 Å². The zero-order chi connectivity index (χ0) is 18.9. The Morgan fingerprint density at radius 1 is 0.962 bits per heavy atom. The number of anilines is 1. The van der Waals surface area contributed by atoms with E-state index in [1.54, 1.807) is 50.2 Å². The number of benzene rings is 2. The monoisotopic (exact) mass is 358 g/mol. The van der Waals surface area contributed by atoms with E-state index >= 15 is 0 Å². The van der Waals surface area contributed by atoms with E-state index in [1.165, 1.54) is 16.7 Å². The van der Waals surface area contributed by atoms with E-state index < -0.39 is 11.7 Å². The van der Waals surface area contributed by atoms with Crippen molar-refractivity contribution < 1.29 is 18.0 Å². The van der Waals surface area contributed by atoms with Crippen molar-refractivity contribution in [2.45, 2.75) is 20.0 Å². The van der Waals surface area contributed by atoms with E-state index in [0.717, 1.165) is 6.07 Å². The number of halogens is 3. The Labute approximate surface area is 149 Å². The maximum Gasteiger partial charge on any atom is 0.418 e. The van der Waals surface area contributed by atoms with Crippen LogP contribution >= 0.6 is 0 Å².